The Kier molecular flexibility index (Phi) is 5.64. The van der Waals surface area contributed by atoms with Gasteiger partial charge in [0.2, 0.25) is 16.8 Å². The molecule has 8 nitrogen and oxygen atoms in total. The number of piperidine rings is 1. The minimum absolute atomic E-state index is 0.000318. The molecule has 1 N–H and O–H groups in total. The van der Waals surface area contributed by atoms with Crippen molar-refractivity contribution >= 4 is 28.1 Å². The lowest BCUT2D eigenvalue weighted by atomic mass is 9.95. The lowest BCUT2D eigenvalue weighted by molar-refractivity contribution is -0.139. The van der Waals surface area contributed by atoms with Crippen LogP contribution in [-0.4, -0.2) is 57.6 Å². The number of ether oxygens (including phenoxy) is 1. The van der Waals surface area contributed by atoms with E-state index in [-0.39, 0.29) is 30.4 Å². The molecule has 0 unspecified atom stereocenters. The maximum absolute atomic E-state index is 12.5. The molecule has 0 radical (unpaired) electrons. The van der Waals surface area contributed by atoms with Crippen molar-refractivity contribution < 1.29 is 14.3 Å². The Bertz CT molecular complexity index is 707. The van der Waals surface area contributed by atoms with Gasteiger partial charge in [-0.2, -0.15) is 5.10 Å². The molecule has 9 heteroatoms. The summed E-state index contributed by atoms with van der Waals surface area (Å²) in [7, 11) is 0. The molecule has 1 aliphatic rings. The highest BCUT2D eigenvalue weighted by atomic mass is 32.1. The van der Waals surface area contributed by atoms with E-state index in [1.807, 2.05) is 20.0 Å². The number of likely N-dealkylation sites (tertiary alicyclic amines) is 1. The highest BCUT2D eigenvalue weighted by Gasteiger charge is 2.28. The number of amides is 2. The third-order valence-electron chi connectivity index (χ3n) is 4.46. The van der Waals surface area contributed by atoms with Crippen LogP contribution in [0.5, 0.6) is 0 Å². The number of hydrogen-bond donors (Lipinski definition) is 1. The second kappa shape index (κ2) is 7.92. The number of nitrogens with zero attached hydrogens (tertiary/aromatic N) is 4. The van der Waals surface area contributed by atoms with Crippen molar-refractivity contribution in [3.8, 4) is 0 Å². The molecule has 0 aromatic carbocycles. The smallest absolute Gasteiger partial charge is 0.248 e. The minimum Gasteiger partial charge on any atom is -0.372 e. The van der Waals surface area contributed by atoms with Gasteiger partial charge in [-0.15, -0.1) is 0 Å². The highest BCUT2D eigenvalue weighted by Crippen LogP contribution is 2.20. The first kappa shape index (κ1) is 17.8. The average molecular weight is 365 g/mol. The van der Waals surface area contributed by atoms with Gasteiger partial charge in [0.25, 0.3) is 0 Å². The van der Waals surface area contributed by atoms with Gasteiger partial charge >= 0.3 is 0 Å². The summed E-state index contributed by atoms with van der Waals surface area (Å²) < 4.78 is 6.87. The Hall–Kier alpha value is -2.00. The van der Waals surface area contributed by atoms with Gasteiger partial charge in [-0.3, -0.25) is 9.59 Å². The monoisotopic (exact) mass is 365 g/mol. The first-order valence-corrected chi connectivity index (χ1v) is 9.41. The van der Waals surface area contributed by atoms with Crippen LogP contribution in [0, 0.1) is 5.92 Å². The summed E-state index contributed by atoms with van der Waals surface area (Å²) in [6.07, 6.45) is 3.19. The molecule has 1 fully saturated rings. The maximum Gasteiger partial charge on any atom is 0.248 e. The van der Waals surface area contributed by atoms with E-state index in [2.05, 4.69) is 15.4 Å². The van der Waals surface area contributed by atoms with E-state index < -0.39 is 0 Å². The van der Waals surface area contributed by atoms with Crippen LogP contribution >= 0.6 is 11.3 Å². The highest BCUT2D eigenvalue weighted by molar-refractivity contribution is 7.14. The Labute approximate surface area is 150 Å². The fourth-order valence-corrected chi connectivity index (χ4v) is 3.55. The number of nitrogens with one attached hydrogen (secondary N) is 1. The second-order valence-corrected chi connectivity index (χ2v) is 6.97. The summed E-state index contributed by atoms with van der Waals surface area (Å²) >= 11 is 1.46. The van der Waals surface area contributed by atoms with Crippen molar-refractivity contribution in [2.75, 3.05) is 26.3 Å². The quantitative estimate of drug-likeness (QED) is 0.832. The summed E-state index contributed by atoms with van der Waals surface area (Å²) in [6, 6.07) is -0.168. The molecule has 2 aromatic heterocycles. The second-order valence-electron chi connectivity index (χ2n) is 6.15. The lowest BCUT2D eigenvalue weighted by Crippen LogP contribution is -2.44. The maximum atomic E-state index is 12.5. The largest absolute Gasteiger partial charge is 0.372 e. The Morgan fingerprint density at radius 2 is 2.20 bits per heavy atom. The molecule has 0 aliphatic carbocycles. The Balaban J connectivity index is 1.49. The molecule has 1 atom stereocenters. The van der Waals surface area contributed by atoms with Crippen LogP contribution in [0.15, 0.2) is 11.7 Å². The predicted octanol–water partition coefficient (Wildman–Crippen LogP) is 1.24. The van der Waals surface area contributed by atoms with Crippen molar-refractivity contribution in [3.63, 3.8) is 0 Å². The number of hydrogen-bond acceptors (Lipinski definition) is 6. The number of rotatable bonds is 6. The molecule has 3 rings (SSSR count). The molecular weight excluding hydrogens is 342 g/mol. The first-order chi connectivity index (χ1) is 12.1. The van der Waals surface area contributed by atoms with Gasteiger partial charge in [0, 0.05) is 25.6 Å². The molecule has 2 amide bonds. The molecule has 1 saturated heterocycles. The molecule has 0 saturated carbocycles. The van der Waals surface area contributed by atoms with Gasteiger partial charge in [-0.1, -0.05) is 11.3 Å². The van der Waals surface area contributed by atoms with Gasteiger partial charge in [0.15, 0.2) is 0 Å². The molecule has 0 spiro atoms. The molecule has 1 aliphatic heterocycles. The van der Waals surface area contributed by atoms with E-state index in [0.717, 1.165) is 10.7 Å². The van der Waals surface area contributed by atoms with E-state index >= 15 is 0 Å². The Morgan fingerprint density at radius 3 is 2.88 bits per heavy atom. The third kappa shape index (κ3) is 4.16. The molecule has 136 valence electrons. The molecule has 25 heavy (non-hydrogen) atoms. The zero-order chi connectivity index (χ0) is 17.8. The first-order valence-electron chi connectivity index (χ1n) is 8.53. The topological polar surface area (TPSA) is 88.8 Å². The summed E-state index contributed by atoms with van der Waals surface area (Å²) in [4.78, 5) is 31.5. The van der Waals surface area contributed by atoms with Crippen LogP contribution in [-0.2, 0) is 14.3 Å². The average Bonchev–Trinajstić information content (AvgIpc) is 3.21. The van der Waals surface area contributed by atoms with Crippen molar-refractivity contribution in [1.82, 2.24) is 24.8 Å². The van der Waals surface area contributed by atoms with Crippen LogP contribution < -0.4 is 5.32 Å². The van der Waals surface area contributed by atoms with Gasteiger partial charge < -0.3 is 15.0 Å². The van der Waals surface area contributed by atoms with Crippen molar-refractivity contribution in [3.05, 3.63) is 17.4 Å². The number of imidazole rings is 1. The van der Waals surface area contributed by atoms with E-state index in [1.165, 1.54) is 11.3 Å². The van der Waals surface area contributed by atoms with Crippen LogP contribution in [0.2, 0.25) is 0 Å². The van der Waals surface area contributed by atoms with Crippen LogP contribution in [0.3, 0.4) is 0 Å². The van der Waals surface area contributed by atoms with E-state index in [0.29, 0.717) is 32.5 Å². The number of aromatic nitrogens is 3. The predicted molar refractivity (Wildman–Crippen MR) is 93.2 cm³/mol. The van der Waals surface area contributed by atoms with Gasteiger partial charge in [0.05, 0.1) is 17.9 Å². The third-order valence-corrected chi connectivity index (χ3v) is 5.14. The van der Waals surface area contributed by atoms with E-state index in [9.17, 15) is 9.59 Å². The fourth-order valence-electron chi connectivity index (χ4n) is 2.94. The van der Waals surface area contributed by atoms with E-state index in [4.69, 9.17) is 4.74 Å². The zero-order valence-corrected chi connectivity index (χ0v) is 15.3. The normalized spacial score (nSPS) is 17.0. The number of fused-ring (bicyclic) bond motifs is 1. The summed E-state index contributed by atoms with van der Waals surface area (Å²) in [5.41, 5.74) is 2.53. The van der Waals surface area contributed by atoms with Crippen LogP contribution in [0.1, 0.15) is 38.4 Å². The van der Waals surface area contributed by atoms with Gasteiger partial charge in [-0.05, 0) is 26.7 Å². The minimum atomic E-state index is -0.168. The number of carbonyl (C=O) groups excluding carboxylic acids is 2. The molecule has 0 bridgehead atoms. The van der Waals surface area contributed by atoms with Gasteiger partial charge in [0.1, 0.15) is 12.1 Å². The molecule has 2 aromatic rings. The van der Waals surface area contributed by atoms with Crippen molar-refractivity contribution in [2.45, 2.75) is 32.7 Å². The molecule has 3 heterocycles. The molecular formula is C16H23N5O3S. The van der Waals surface area contributed by atoms with Crippen molar-refractivity contribution in [2.24, 2.45) is 5.92 Å². The summed E-state index contributed by atoms with van der Waals surface area (Å²) in [5, 5.41) is 7.18. The lowest BCUT2D eigenvalue weighted by Gasteiger charge is -2.31. The zero-order valence-electron chi connectivity index (χ0n) is 14.5. The fraction of sp³-hybridized carbons (Fsp3) is 0.625. The van der Waals surface area contributed by atoms with Gasteiger partial charge in [-0.25, -0.2) is 9.50 Å². The summed E-state index contributed by atoms with van der Waals surface area (Å²) in [5.74, 6) is -0.0474. The van der Waals surface area contributed by atoms with Crippen LogP contribution in [0.4, 0.5) is 0 Å². The van der Waals surface area contributed by atoms with Crippen LogP contribution in [0.25, 0.3) is 4.96 Å². The standard InChI is InChI=1S/C16H23N5O3S/c1-3-24-9-14(22)20-6-4-12(5-7-20)15(23)18-11(2)13-8-21-16(19-13)25-10-17-21/h8,10-12H,3-7,9H2,1-2H3,(H,18,23)/t11-/m1/s1. The Morgan fingerprint density at radius 1 is 1.44 bits per heavy atom. The SMILES string of the molecule is CCOCC(=O)N1CCC(C(=O)N[C@H](C)c2cn3ncsc3n2)CC1. The van der Waals surface area contributed by atoms with E-state index in [1.54, 1.807) is 14.9 Å². The summed E-state index contributed by atoms with van der Waals surface area (Å²) in [6.45, 7) is 5.64. The number of carbonyl (C=O) groups is 2. The van der Waals surface area contributed by atoms with Crippen molar-refractivity contribution in [1.29, 1.82) is 0 Å².